The van der Waals surface area contributed by atoms with Gasteiger partial charge < -0.3 is 0 Å². The Morgan fingerprint density at radius 3 is 2.33 bits per heavy atom. The number of hydrogen-bond donors (Lipinski definition) is 0. The third-order valence-corrected chi connectivity index (χ3v) is 2.12. The van der Waals surface area contributed by atoms with Crippen LogP contribution in [0.1, 0.15) is 32.6 Å². The molecule has 0 radical (unpaired) electrons. The lowest BCUT2D eigenvalue weighted by molar-refractivity contribution is -0.0783. The van der Waals surface area contributed by atoms with Crippen LogP contribution in [0.5, 0.6) is 0 Å². The second kappa shape index (κ2) is 2.24. The molecule has 1 atom stereocenters. The zero-order valence-corrected chi connectivity index (χ0v) is 5.66. The number of hydrogen-bond acceptors (Lipinski definition) is 0. The first-order chi connectivity index (χ1) is 4.13. The van der Waals surface area contributed by atoms with E-state index in [0.29, 0.717) is 12.8 Å². The standard InChI is InChI=1S/C7H12F2/c1-6-4-2-3-5-7(6,8)9/h6H,2-5H2,1H3/t6-/m0/s1. The van der Waals surface area contributed by atoms with Gasteiger partial charge in [0.2, 0.25) is 0 Å². The van der Waals surface area contributed by atoms with E-state index in [1.807, 2.05) is 0 Å². The number of rotatable bonds is 0. The molecule has 0 heterocycles. The lowest BCUT2D eigenvalue weighted by Gasteiger charge is -2.27. The molecule has 1 rings (SSSR count). The molecule has 0 N–H and O–H groups in total. The van der Waals surface area contributed by atoms with Gasteiger partial charge in [-0.15, -0.1) is 0 Å². The highest BCUT2D eigenvalue weighted by Gasteiger charge is 2.37. The molecule has 0 unspecified atom stereocenters. The molecular weight excluding hydrogens is 122 g/mol. The van der Waals surface area contributed by atoms with E-state index < -0.39 is 5.92 Å². The van der Waals surface area contributed by atoms with Gasteiger partial charge in [-0.25, -0.2) is 8.78 Å². The summed E-state index contributed by atoms with van der Waals surface area (Å²) >= 11 is 0. The van der Waals surface area contributed by atoms with Crippen molar-refractivity contribution in [1.29, 1.82) is 0 Å². The van der Waals surface area contributed by atoms with Gasteiger partial charge in [0.15, 0.2) is 0 Å². The van der Waals surface area contributed by atoms with Gasteiger partial charge in [0.05, 0.1) is 0 Å². The van der Waals surface area contributed by atoms with Crippen molar-refractivity contribution < 1.29 is 8.78 Å². The lowest BCUT2D eigenvalue weighted by Crippen LogP contribution is -2.29. The van der Waals surface area contributed by atoms with Gasteiger partial charge in [-0.1, -0.05) is 13.3 Å². The van der Waals surface area contributed by atoms with E-state index in [4.69, 9.17) is 0 Å². The minimum absolute atomic E-state index is 0.105. The van der Waals surface area contributed by atoms with Crippen molar-refractivity contribution >= 4 is 0 Å². The zero-order valence-electron chi connectivity index (χ0n) is 5.66. The van der Waals surface area contributed by atoms with E-state index in [1.165, 1.54) is 0 Å². The molecule has 1 aliphatic carbocycles. The van der Waals surface area contributed by atoms with Crippen LogP contribution in [-0.2, 0) is 0 Å². The summed E-state index contributed by atoms with van der Waals surface area (Å²) in [5.41, 5.74) is 0. The predicted octanol–water partition coefficient (Wildman–Crippen LogP) is 2.83. The summed E-state index contributed by atoms with van der Waals surface area (Å²) in [6.45, 7) is 1.64. The second-order valence-corrected chi connectivity index (χ2v) is 2.91. The van der Waals surface area contributed by atoms with Gasteiger partial charge in [-0.3, -0.25) is 0 Å². The Balaban J connectivity index is 2.49. The quantitative estimate of drug-likeness (QED) is 0.478. The molecule has 1 saturated carbocycles. The van der Waals surface area contributed by atoms with Gasteiger partial charge in [0.1, 0.15) is 0 Å². The van der Waals surface area contributed by atoms with Crippen LogP contribution in [0.2, 0.25) is 0 Å². The molecule has 0 aromatic rings. The SMILES string of the molecule is C[C@H]1CCCCC1(F)F. The first-order valence-corrected chi connectivity index (χ1v) is 3.51. The summed E-state index contributed by atoms with van der Waals surface area (Å²) in [6.07, 6.45) is 2.50. The zero-order chi connectivity index (χ0) is 6.91. The molecule has 2 heteroatoms. The highest BCUT2D eigenvalue weighted by molar-refractivity contribution is 4.77. The summed E-state index contributed by atoms with van der Waals surface area (Å²) in [7, 11) is 0. The van der Waals surface area contributed by atoms with E-state index in [2.05, 4.69) is 0 Å². The van der Waals surface area contributed by atoms with E-state index in [-0.39, 0.29) is 12.3 Å². The summed E-state index contributed by atoms with van der Waals surface area (Å²) in [4.78, 5) is 0. The van der Waals surface area contributed by atoms with Crippen LogP contribution in [0.4, 0.5) is 8.78 Å². The second-order valence-electron chi connectivity index (χ2n) is 2.91. The van der Waals surface area contributed by atoms with Crippen molar-refractivity contribution in [1.82, 2.24) is 0 Å². The Hall–Kier alpha value is -0.140. The fraction of sp³-hybridized carbons (Fsp3) is 1.00. The highest BCUT2D eigenvalue weighted by atomic mass is 19.3. The van der Waals surface area contributed by atoms with Crippen LogP contribution in [0.25, 0.3) is 0 Å². The van der Waals surface area contributed by atoms with Gasteiger partial charge in [-0.05, 0) is 12.8 Å². The van der Waals surface area contributed by atoms with Crippen molar-refractivity contribution in [3.63, 3.8) is 0 Å². The smallest absolute Gasteiger partial charge is 0.207 e. The van der Waals surface area contributed by atoms with E-state index in [0.717, 1.165) is 6.42 Å². The first-order valence-electron chi connectivity index (χ1n) is 3.51. The summed E-state index contributed by atoms with van der Waals surface area (Å²) in [5.74, 6) is -2.75. The lowest BCUT2D eigenvalue weighted by atomic mass is 9.87. The third-order valence-electron chi connectivity index (χ3n) is 2.12. The maximum Gasteiger partial charge on any atom is 0.250 e. The maximum atomic E-state index is 12.6. The molecule has 0 aliphatic heterocycles. The number of halogens is 2. The summed E-state index contributed by atoms with van der Waals surface area (Å²) < 4.78 is 25.2. The molecule has 1 fully saturated rings. The van der Waals surface area contributed by atoms with E-state index >= 15 is 0 Å². The molecule has 0 amide bonds. The fourth-order valence-electron chi connectivity index (χ4n) is 1.27. The van der Waals surface area contributed by atoms with Crippen LogP contribution >= 0.6 is 0 Å². The van der Waals surface area contributed by atoms with Crippen molar-refractivity contribution in [3.8, 4) is 0 Å². The van der Waals surface area contributed by atoms with Gasteiger partial charge in [0, 0.05) is 12.3 Å². The van der Waals surface area contributed by atoms with Gasteiger partial charge in [0.25, 0.3) is 5.92 Å². The van der Waals surface area contributed by atoms with Crippen LogP contribution < -0.4 is 0 Å². The molecule has 9 heavy (non-hydrogen) atoms. The Labute approximate surface area is 54.3 Å². The maximum absolute atomic E-state index is 12.6. The first kappa shape index (κ1) is 6.97. The molecular formula is C7H12F2. The molecule has 0 aromatic heterocycles. The van der Waals surface area contributed by atoms with Gasteiger partial charge in [-0.2, -0.15) is 0 Å². The molecule has 0 nitrogen and oxygen atoms in total. The minimum atomic E-state index is -2.36. The molecule has 0 aromatic carbocycles. The van der Waals surface area contributed by atoms with Crippen LogP contribution in [-0.4, -0.2) is 5.92 Å². The summed E-state index contributed by atoms with van der Waals surface area (Å²) in [5, 5.41) is 0. The molecule has 0 spiro atoms. The normalized spacial score (nSPS) is 34.3. The van der Waals surface area contributed by atoms with Crippen LogP contribution in [0, 0.1) is 5.92 Å². The Morgan fingerprint density at radius 2 is 2.00 bits per heavy atom. The average Bonchev–Trinajstić information content (AvgIpc) is 1.77. The monoisotopic (exact) mass is 134 g/mol. The largest absolute Gasteiger partial charge is 0.250 e. The average molecular weight is 134 g/mol. The van der Waals surface area contributed by atoms with Crippen molar-refractivity contribution in [2.75, 3.05) is 0 Å². The van der Waals surface area contributed by atoms with E-state index in [9.17, 15) is 8.78 Å². The van der Waals surface area contributed by atoms with Crippen LogP contribution in [0.15, 0.2) is 0 Å². The Morgan fingerprint density at radius 1 is 1.33 bits per heavy atom. The third kappa shape index (κ3) is 1.41. The van der Waals surface area contributed by atoms with Crippen molar-refractivity contribution in [2.24, 2.45) is 5.92 Å². The summed E-state index contributed by atoms with van der Waals surface area (Å²) in [6, 6.07) is 0. The van der Waals surface area contributed by atoms with Crippen molar-refractivity contribution in [3.05, 3.63) is 0 Å². The molecule has 0 saturated heterocycles. The predicted molar refractivity (Wildman–Crippen MR) is 32.6 cm³/mol. The topological polar surface area (TPSA) is 0 Å². The minimum Gasteiger partial charge on any atom is -0.207 e. The highest BCUT2D eigenvalue weighted by Crippen LogP contribution is 2.37. The van der Waals surface area contributed by atoms with Gasteiger partial charge >= 0.3 is 0 Å². The fourth-order valence-corrected chi connectivity index (χ4v) is 1.27. The van der Waals surface area contributed by atoms with E-state index in [1.54, 1.807) is 6.92 Å². The Bertz CT molecular complexity index is 99.1. The number of alkyl halides is 2. The van der Waals surface area contributed by atoms with Crippen molar-refractivity contribution in [2.45, 2.75) is 38.5 Å². The molecule has 1 aliphatic rings. The molecule has 54 valence electrons. The Kier molecular flexibility index (Phi) is 1.73. The van der Waals surface area contributed by atoms with Crippen LogP contribution in [0.3, 0.4) is 0 Å². The molecule has 0 bridgehead atoms.